The van der Waals surface area contributed by atoms with Crippen LogP contribution in [-0.2, 0) is 12.8 Å². The number of carbonyl (C=O) groups is 1. The fourth-order valence-corrected chi connectivity index (χ4v) is 3.88. The molecule has 0 unspecified atom stereocenters. The van der Waals surface area contributed by atoms with Crippen LogP contribution in [0.1, 0.15) is 27.0 Å². The predicted octanol–water partition coefficient (Wildman–Crippen LogP) is 3.43. The van der Waals surface area contributed by atoms with E-state index in [0.717, 1.165) is 35.3 Å². The lowest BCUT2D eigenvalue weighted by Crippen LogP contribution is -2.34. The highest BCUT2D eigenvalue weighted by atomic mass is 19.1. The number of aromatic nitrogens is 1. The van der Waals surface area contributed by atoms with Gasteiger partial charge >= 0.3 is 0 Å². The van der Waals surface area contributed by atoms with Crippen molar-refractivity contribution in [1.29, 1.82) is 0 Å². The van der Waals surface area contributed by atoms with E-state index >= 15 is 0 Å². The van der Waals surface area contributed by atoms with Gasteiger partial charge in [0.15, 0.2) is 11.6 Å². The topological polar surface area (TPSA) is 74.7 Å². The van der Waals surface area contributed by atoms with E-state index in [-0.39, 0.29) is 24.8 Å². The maximum atomic E-state index is 13.7. The van der Waals surface area contributed by atoms with Crippen LogP contribution in [-0.4, -0.2) is 42.8 Å². The van der Waals surface area contributed by atoms with Gasteiger partial charge in [0.25, 0.3) is 5.91 Å². The molecule has 1 aliphatic heterocycles. The van der Waals surface area contributed by atoms with Gasteiger partial charge in [-0.15, -0.1) is 0 Å². The second-order valence-electron chi connectivity index (χ2n) is 7.36. The second-order valence-corrected chi connectivity index (χ2v) is 7.36. The monoisotopic (exact) mass is 421 g/mol. The van der Waals surface area contributed by atoms with Crippen LogP contribution >= 0.6 is 0 Å². The normalized spacial score (nSPS) is 12.2. The summed E-state index contributed by atoms with van der Waals surface area (Å²) in [5.74, 6) is 0.0542. The highest BCUT2D eigenvalue weighted by Crippen LogP contribution is 2.28. The molecule has 6 nitrogen and oxygen atoms in total. The lowest BCUT2D eigenvalue weighted by atomic mass is 10.0. The fraction of sp³-hybridized carbons (Fsp3) is 0.250. The van der Waals surface area contributed by atoms with Gasteiger partial charge in [0, 0.05) is 24.0 Å². The average Bonchev–Trinajstić information content (AvgIpc) is 3.27. The molecule has 1 amide bonds. The summed E-state index contributed by atoms with van der Waals surface area (Å²) in [6.45, 7) is 0.755. The number of amides is 1. The highest BCUT2D eigenvalue weighted by Gasteiger charge is 2.24. The summed E-state index contributed by atoms with van der Waals surface area (Å²) in [5, 5.41) is 12.9. The van der Waals surface area contributed by atoms with E-state index in [1.807, 2.05) is 30.3 Å². The van der Waals surface area contributed by atoms with Crippen molar-refractivity contribution in [3.8, 4) is 5.75 Å². The molecule has 2 aromatic carbocycles. The molecule has 0 atom stereocenters. The molecule has 0 spiro atoms. The Kier molecular flexibility index (Phi) is 6.13. The summed E-state index contributed by atoms with van der Waals surface area (Å²) in [5.41, 5.74) is 4.37. The number of nitrogens with one attached hydrogen (secondary N) is 1. The molecule has 1 aromatic heterocycles. The van der Waals surface area contributed by atoms with Crippen molar-refractivity contribution in [3.63, 3.8) is 0 Å². The summed E-state index contributed by atoms with van der Waals surface area (Å²) in [6.07, 6.45) is 2.95. The number of benzene rings is 2. The van der Waals surface area contributed by atoms with Gasteiger partial charge in [-0.3, -0.25) is 9.69 Å². The van der Waals surface area contributed by atoms with Crippen molar-refractivity contribution < 1.29 is 19.0 Å². The van der Waals surface area contributed by atoms with Crippen molar-refractivity contribution >= 4 is 17.4 Å². The zero-order valence-corrected chi connectivity index (χ0v) is 17.3. The molecule has 4 rings (SSSR count). The number of aliphatic hydroxyl groups is 1. The van der Waals surface area contributed by atoms with Gasteiger partial charge in [0.2, 0.25) is 0 Å². The molecular formula is C24H24FN3O3. The summed E-state index contributed by atoms with van der Waals surface area (Å²) >= 11 is 0. The standard InChI is InChI=1S/C24H24FN3O3/c1-31-22-14-16(5-6-20(22)25)13-17-7-9-27-23(15-17)28(11-12-29)24(30)19-3-2-4-21-18(19)8-10-26-21/h2-7,9,14-15,26,29H,8,10-13H2,1H3. The predicted molar refractivity (Wildman–Crippen MR) is 117 cm³/mol. The third-order valence-electron chi connectivity index (χ3n) is 5.38. The van der Waals surface area contributed by atoms with E-state index in [1.54, 1.807) is 18.3 Å². The molecule has 0 saturated heterocycles. The average molecular weight is 421 g/mol. The molecule has 0 aliphatic carbocycles. The van der Waals surface area contributed by atoms with E-state index in [4.69, 9.17) is 4.74 Å². The molecule has 0 fully saturated rings. The van der Waals surface area contributed by atoms with Crippen LogP contribution in [0.2, 0.25) is 0 Å². The first-order chi connectivity index (χ1) is 15.1. The minimum Gasteiger partial charge on any atom is -0.494 e. The summed E-state index contributed by atoms with van der Waals surface area (Å²) in [4.78, 5) is 19.3. The Labute approximate surface area is 180 Å². The Morgan fingerprint density at radius 1 is 1.23 bits per heavy atom. The minimum atomic E-state index is -0.411. The minimum absolute atomic E-state index is 0.136. The number of nitrogens with zero attached hydrogens (tertiary/aromatic N) is 2. The maximum absolute atomic E-state index is 13.7. The maximum Gasteiger partial charge on any atom is 0.259 e. The van der Waals surface area contributed by atoms with Gasteiger partial charge in [-0.1, -0.05) is 12.1 Å². The van der Waals surface area contributed by atoms with Crippen LogP contribution in [0, 0.1) is 5.82 Å². The smallest absolute Gasteiger partial charge is 0.259 e. The number of carbonyl (C=O) groups excluding carboxylic acids is 1. The van der Waals surface area contributed by atoms with E-state index in [9.17, 15) is 14.3 Å². The Hall–Kier alpha value is -3.45. The van der Waals surface area contributed by atoms with E-state index in [1.165, 1.54) is 18.1 Å². The third-order valence-corrected chi connectivity index (χ3v) is 5.38. The lowest BCUT2D eigenvalue weighted by Gasteiger charge is -2.22. The van der Waals surface area contributed by atoms with Crippen LogP contribution in [0.15, 0.2) is 54.7 Å². The Bertz CT molecular complexity index is 1100. The van der Waals surface area contributed by atoms with E-state index < -0.39 is 5.82 Å². The first-order valence-electron chi connectivity index (χ1n) is 10.2. The molecule has 0 saturated carbocycles. The molecule has 2 heterocycles. The molecule has 160 valence electrons. The van der Waals surface area contributed by atoms with Crippen LogP contribution in [0.25, 0.3) is 0 Å². The van der Waals surface area contributed by atoms with Gasteiger partial charge in [-0.25, -0.2) is 9.37 Å². The number of aliphatic hydroxyl groups excluding tert-OH is 1. The second kappa shape index (κ2) is 9.14. The third kappa shape index (κ3) is 4.36. The van der Waals surface area contributed by atoms with Crippen molar-refractivity contribution in [2.75, 3.05) is 37.0 Å². The van der Waals surface area contributed by atoms with Gasteiger partial charge in [-0.05, 0) is 65.9 Å². The quantitative estimate of drug-likeness (QED) is 0.612. The van der Waals surface area contributed by atoms with E-state index in [0.29, 0.717) is 17.8 Å². The fourth-order valence-electron chi connectivity index (χ4n) is 3.88. The lowest BCUT2D eigenvalue weighted by molar-refractivity contribution is 0.0979. The van der Waals surface area contributed by atoms with Gasteiger partial charge < -0.3 is 15.2 Å². The number of anilines is 2. The Balaban J connectivity index is 1.62. The number of fused-ring (bicyclic) bond motifs is 1. The first-order valence-corrected chi connectivity index (χ1v) is 10.2. The van der Waals surface area contributed by atoms with Crippen molar-refractivity contribution in [2.45, 2.75) is 12.8 Å². The number of halogens is 1. The molecule has 3 aromatic rings. The highest BCUT2D eigenvalue weighted by molar-refractivity contribution is 6.07. The van der Waals surface area contributed by atoms with E-state index in [2.05, 4.69) is 10.3 Å². The number of ether oxygens (including phenoxy) is 1. The molecule has 0 bridgehead atoms. The molecule has 0 radical (unpaired) electrons. The van der Waals surface area contributed by atoms with Gasteiger partial charge in [0.05, 0.1) is 20.3 Å². The van der Waals surface area contributed by atoms with Crippen LogP contribution in [0.4, 0.5) is 15.9 Å². The zero-order valence-electron chi connectivity index (χ0n) is 17.3. The number of hydrogen-bond donors (Lipinski definition) is 2. The van der Waals surface area contributed by atoms with Crippen molar-refractivity contribution in [2.24, 2.45) is 0 Å². The van der Waals surface area contributed by atoms with Crippen LogP contribution in [0.3, 0.4) is 0 Å². The molecule has 7 heteroatoms. The number of rotatable bonds is 7. The Morgan fingerprint density at radius 3 is 2.87 bits per heavy atom. The van der Waals surface area contributed by atoms with Crippen molar-refractivity contribution in [1.82, 2.24) is 4.98 Å². The molecule has 1 aliphatic rings. The number of methoxy groups -OCH3 is 1. The van der Waals surface area contributed by atoms with Crippen LogP contribution < -0.4 is 15.0 Å². The largest absolute Gasteiger partial charge is 0.494 e. The first kappa shape index (κ1) is 20.8. The molecule has 31 heavy (non-hydrogen) atoms. The molecule has 2 N–H and O–H groups in total. The number of hydrogen-bond acceptors (Lipinski definition) is 5. The summed E-state index contributed by atoms with van der Waals surface area (Å²) in [6, 6.07) is 14.0. The molecular weight excluding hydrogens is 397 g/mol. The zero-order chi connectivity index (χ0) is 21.8. The van der Waals surface area contributed by atoms with Gasteiger partial charge in [0.1, 0.15) is 5.82 Å². The Morgan fingerprint density at radius 2 is 2.06 bits per heavy atom. The SMILES string of the molecule is COc1cc(Cc2ccnc(N(CCO)C(=O)c3cccc4c3CCN4)c2)ccc1F. The summed E-state index contributed by atoms with van der Waals surface area (Å²) in [7, 11) is 1.43. The van der Waals surface area contributed by atoms with Crippen molar-refractivity contribution in [3.05, 3.63) is 82.8 Å². The number of pyridine rings is 1. The van der Waals surface area contributed by atoms with Gasteiger partial charge in [-0.2, -0.15) is 0 Å². The van der Waals surface area contributed by atoms with Crippen LogP contribution in [0.5, 0.6) is 5.75 Å². The summed E-state index contributed by atoms with van der Waals surface area (Å²) < 4.78 is 18.8.